The van der Waals surface area contributed by atoms with E-state index in [1.807, 2.05) is 56.0 Å². The molecule has 1 saturated heterocycles. The van der Waals surface area contributed by atoms with Crippen molar-refractivity contribution >= 4 is 55.4 Å². The molecule has 41 heavy (non-hydrogen) atoms. The summed E-state index contributed by atoms with van der Waals surface area (Å²) in [4.78, 5) is 36.3. The van der Waals surface area contributed by atoms with Crippen LogP contribution in [0.4, 0.5) is 15.6 Å². The van der Waals surface area contributed by atoms with Crippen LogP contribution in [0.2, 0.25) is 0 Å². The van der Waals surface area contributed by atoms with Gasteiger partial charge in [-0.3, -0.25) is 10.1 Å². The molecule has 0 saturated carbocycles. The predicted molar refractivity (Wildman–Crippen MR) is 159 cm³/mol. The van der Waals surface area contributed by atoms with Crippen LogP contribution in [-0.4, -0.2) is 64.5 Å². The van der Waals surface area contributed by atoms with E-state index in [0.29, 0.717) is 24.7 Å². The second-order valence-corrected chi connectivity index (χ2v) is 12.4. The first-order chi connectivity index (χ1) is 19.6. The number of benzene rings is 2. The van der Waals surface area contributed by atoms with Gasteiger partial charge in [-0.25, -0.2) is 14.8 Å². The molecule has 6 rings (SSSR count). The number of nitrogens with one attached hydrogen (secondary N) is 1. The van der Waals surface area contributed by atoms with Crippen molar-refractivity contribution in [1.82, 2.24) is 14.5 Å². The van der Waals surface area contributed by atoms with Gasteiger partial charge in [0, 0.05) is 37.5 Å². The molecule has 2 aliphatic rings. The number of aromatic nitrogens is 3. The van der Waals surface area contributed by atoms with E-state index in [1.54, 1.807) is 7.11 Å². The summed E-state index contributed by atoms with van der Waals surface area (Å²) in [6.07, 6.45) is 1.77. The van der Waals surface area contributed by atoms with Crippen LogP contribution in [0.25, 0.3) is 32.6 Å². The maximum Gasteiger partial charge on any atom is 0.413 e. The molecule has 0 unspecified atom stereocenters. The lowest BCUT2D eigenvalue weighted by molar-refractivity contribution is -0.121. The number of ether oxygens (including phenoxy) is 3. The summed E-state index contributed by atoms with van der Waals surface area (Å²) < 4.78 is 20.3. The van der Waals surface area contributed by atoms with Gasteiger partial charge >= 0.3 is 6.09 Å². The number of carbonyl (C=O) groups is 2. The zero-order valence-electron chi connectivity index (χ0n) is 23.6. The number of nitrogens with two attached hydrogens (primary N) is 1. The van der Waals surface area contributed by atoms with E-state index in [9.17, 15) is 9.59 Å². The third-order valence-corrected chi connectivity index (χ3v) is 8.28. The van der Waals surface area contributed by atoms with Gasteiger partial charge in [-0.2, -0.15) is 0 Å². The molecule has 4 aromatic rings. The Morgan fingerprint density at radius 3 is 2.71 bits per heavy atom. The van der Waals surface area contributed by atoms with E-state index in [1.165, 1.54) is 11.3 Å². The summed E-state index contributed by atoms with van der Waals surface area (Å²) in [5, 5.41) is 3.21. The second-order valence-electron chi connectivity index (χ2n) is 11.4. The first-order valence-corrected chi connectivity index (χ1v) is 14.6. The molecule has 2 aromatic heterocycles. The third-order valence-electron chi connectivity index (χ3n) is 7.35. The molecule has 12 heteroatoms. The highest BCUT2D eigenvalue weighted by Crippen LogP contribution is 2.39. The van der Waals surface area contributed by atoms with Gasteiger partial charge in [-0.05, 0) is 64.3 Å². The quantitative estimate of drug-likeness (QED) is 0.341. The molecular weight excluding hydrogens is 544 g/mol. The van der Waals surface area contributed by atoms with Crippen molar-refractivity contribution in [2.24, 2.45) is 5.73 Å². The molecule has 216 valence electrons. The highest BCUT2D eigenvalue weighted by Gasteiger charge is 2.39. The summed E-state index contributed by atoms with van der Waals surface area (Å²) in [5.41, 5.74) is 9.46. The number of amides is 2. The maximum atomic E-state index is 12.4. The van der Waals surface area contributed by atoms with Crippen molar-refractivity contribution in [1.29, 1.82) is 0 Å². The number of primary amides is 1. The molecule has 2 aliphatic heterocycles. The SMILES string of the molecule is CO[C@@H]1CCN(c2cc3c4c(c2)nc(-c2ccc5nc(NC(=O)OC(C)(C)C)sc5c2)n4CCCCO3)[C@@H]1C(N)=O. The fourth-order valence-corrected chi connectivity index (χ4v) is 6.52. The largest absolute Gasteiger partial charge is 0.491 e. The Morgan fingerprint density at radius 2 is 1.95 bits per heavy atom. The van der Waals surface area contributed by atoms with Crippen molar-refractivity contribution in [2.45, 2.75) is 64.3 Å². The Kier molecular flexibility index (Phi) is 6.98. The predicted octanol–water partition coefficient (Wildman–Crippen LogP) is 4.91. The summed E-state index contributed by atoms with van der Waals surface area (Å²) in [6, 6.07) is 9.42. The Bertz CT molecular complexity index is 1640. The van der Waals surface area contributed by atoms with Gasteiger partial charge < -0.3 is 29.4 Å². The smallest absolute Gasteiger partial charge is 0.413 e. The Hall–Kier alpha value is -3.90. The van der Waals surface area contributed by atoms with Gasteiger partial charge in [0.15, 0.2) is 5.13 Å². The van der Waals surface area contributed by atoms with E-state index >= 15 is 0 Å². The molecule has 1 fully saturated rings. The van der Waals surface area contributed by atoms with Gasteiger partial charge in [0.25, 0.3) is 0 Å². The average Bonchev–Trinajstić information content (AvgIpc) is 3.59. The van der Waals surface area contributed by atoms with Crippen LogP contribution in [0.5, 0.6) is 5.75 Å². The second kappa shape index (κ2) is 10.5. The zero-order valence-corrected chi connectivity index (χ0v) is 24.4. The van der Waals surface area contributed by atoms with Crippen molar-refractivity contribution in [3.8, 4) is 17.1 Å². The summed E-state index contributed by atoms with van der Waals surface area (Å²) in [6.45, 7) is 7.51. The van der Waals surface area contributed by atoms with Crippen molar-refractivity contribution in [2.75, 3.05) is 30.5 Å². The third kappa shape index (κ3) is 5.29. The van der Waals surface area contributed by atoms with Crippen LogP contribution < -0.4 is 20.7 Å². The summed E-state index contributed by atoms with van der Waals surface area (Å²) in [7, 11) is 1.61. The Morgan fingerprint density at radius 1 is 1.12 bits per heavy atom. The highest BCUT2D eigenvalue weighted by molar-refractivity contribution is 7.22. The number of hydrogen-bond donors (Lipinski definition) is 2. The van der Waals surface area contributed by atoms with Crippen LogP contribution in [0.1, 0.15) is 40.0 Å². The maximum absolute atomic E-state index is 12.4. The van der Waals surface area contributed by atoms with Crippen molar-refractivity contribution in [3.05, 3.63) is 30.3 Å². The number of nitrogens with zero attached hydrogens (tertiary/aromatic N) is 4. The van der Waals surface area contributed by atoms with Crippen LogP contribution in [0.15, 0.2) is 30.3 Å². The lowest BCUT2D eigenvalue weighted by Crippen LogP contribution is -2.46. The molecule has 3 N–H and O–H groups in total. The summed E-state index contributed by atoms with van der Waals surface area (Å²) in [5.74, 6) is 1.15. The van der Waals surface area contributed by atoms with E-state index in [-0.39, 0.29) is 6.10 Å². The first kappa shape index (κ1) is 27.3. The molecule has 0 radical (unpaired) electrons. The minimum atomic E-state index is -0.598. The number of rotatable bonds is 5. The van der Waals surface area contributed by atoms with Crippen LogP contribution in [-0.2, 0) is 20.8 Å². The minimum Gasteiger partial charge on any atom is -0.491 e. The molecule has 0 bridgehead atoms. The topological polar surface area (TPSA) is 134 Å². The van der Waals surface area contributed by atoms with Crippen molar-refractivity contribution < 1.29 is 23.8 Å². The molecule has 2 amide bonds. The molecule has 2 aromatic carbocycles. The number of anilines is 2. The van der Waals surface area contributed by atoms with Crippen LogP contribution in [0, 0.1) is 0 Å². The lowest BCUT2D eigenvalue weighted by Gasteiger charge is -2.27. The number of methoxy groups -OCH3 is 1. The highest BCUT2D eigenvalue weighted by atomic mass is 32.1. The minimum absolute atomic E-state index is 0.264. The molecule has 0 aliphatic carbocycles. The van der Waals surface area contributed by atoms with Gasteiger partial charge in [0.05, 0.1) is 28.4 Å². The fraction of sp³-hybridized carbons (Fsp3) is 0.448. The molecule has 11 nitrogen and oxygen atoms in total. The average molecular weight is 579 g/mol. The van der Waals surface area contributed by atoms with E-state index < -0.39 is 23.6 Å². The number of carbonyl (C=O) groups excluding carboxylic acids is 2. The van der Waals surface area contributed by atoms with Gasteiger partial charge in [-0.1, -0.05) is 11.3 Å². The molecule has 0 spiro atoms. The van der Waals surface area contributed by atoms with Crippen LogP contribution in [0.3, 0.4) is 0 Å². The van der Waals surface area contributed by atoms with Crippen molar-refractivity contribution in [3.63, 3.8) is 0 Å². The van der Waals surface area contributed by atoms with Gasteiger partial charge in [0.2, 0.25) is 5.91 Å². The van der Waals surface area contributed by atoms with Crippen LogP contribution >= 0.6 is 11.3 Å². The first-order valence-electron chi connectivity index (χ1n) is 13.8. The number of fused-ring (bicyclic) bond motifs is 1. The van der Waals surface area contributed by atoms with E-state index in [4.69, 9.17) is 24.9 Å². The normalized spacial score (nSPS) is 19.2. The number of thiazole rings is 1. The van der Waals surface area contributed by atoms with Gasteiger partial charge in [-0.15, -0.1) is 0 Å². The monoisotopic (exact) mass is 578 g/mol. The zero-order chi connectivity index (χ0) is 28.9. The number of aryl methyl sites for hydroxylation is 1. The standard InChI is InChI=1S/C29H34N6O5S/c1-29(2,3)40-28(37)33-27-32-18-8-7-16(13-22(18)41-27)26-31-19-14-17(34-11-9-20(38-4)24(34)25(30)36)15-21-23(19)35(26)10-5-6-12-39-21/h7-8,13-15,20,24H,5-6,9-12H2,1-4H3,(H2,30,36)(H,32,33,37)/t20-,24+/m1/s1. The summed E-state index contributed by atoms with van der Waals surface area (Å²) >= 11 is 1.38. The number of imidazole rings is 1. The van der Waals surface area contributed by atoms with Gasteiger partial charge in [0.1, 0.15) is 28.7 Å². The number of hydrogen-bond acceptors (Lipinski definition) is 9. The lowest BCUT2D eigenvalue weighted by atomic mass is 10.1. The molecule has 2 atom stereocenters. The van der Waals surface area contributed by atoms with E-state index in [2.05, 4.69) is 14.9 Å². The Labute approximate surface area is 241 Å². The molecule has 4 heterocycles. The molecular formula is C29H34N6O5S. The van der Waals surface area contributed by atoms with E-state index in [0.717, 1.165) is 63.5 Å². The fourth-order valence-electron chi connectivity index (χ4n) is 5.63. The Balaban J connectivity index is 1.39.